The van der Waals surface area contributed by atoms with Crippen LogP contribution in [0.25, 0.3) is 0 Å². The first kappa shape index (κ1) is 17.0. The number of benzene rings is 1. The molecule has 5 heteroatoms. The van der Waals surface area contributed by atoms with E-state index in [0.717, 1.165) is 38.5 Å². The molecule has 0 aliphatic heterocycles. The molecule has 2 amide bonds. The number of amides is 2. The Labute approximate surface area is 143 Å². The van der Waals surface area contributed by atoms with Crippen molar-refractivity contribution in [3.05, 3.63) is 29.8 Å². The Bertz CT molecular complexity index is 633. The largest absolute Gasteiger partial charge is 0.388 e. The number of nitrogens with zero attached hydrogens (tertiary/aromatic N) is 2. The molecule has 1 aromatic carbocycles. The molecule has 0 spiro atoms. The highest BCUT2D eigenvalue weighted by Crippen LogP contribution is 2.34. The number of hydrogen-bond donors (Lipinski definition) is 1. The van der Waals surface area contributed by atoms with Crippen LogP contribution in [0.3, 0.4) is 0 Å². The molecule has 2 saturated carbocycles. The highest BCUT2D eigenvalue weighted by molar-refractivity contribution is 6.05. The summed E-state index contributed by atoms with van der Waals surface area (Å²) in [5.41, 5.74) is 0.387. The molecule has 3 rings (SSSR count). The van der Waals surface area contributed by atoms with Gasteiger partial charge in [0.25, 0.3) is 5.91 Å². The van der Waals surface area contributed by atoms with E-state index in [0.29, 0.717) is 17.8 Å². The molecule has 130 valence electrons. The van der Waals surface area contributed by atoms with Crippen LogP contribution in [0.15, 0.2) is 24.3 Å². The number of anilines is 1. The SMILES string of the molecule is CN(CC1(O)CCCC1)C(=O)c1ccccc1N(C)C(=O)C1CC1. The molecule has 0 heterocycles. The van der Waals surface area contributed by atoms with Crippen molar-refractivity contribution in [2.45, 2.75) is 44.1 Å². The van der Waals surface area contributed by atoms with Gasteiger partial charge in [0, 0.05) is 26.6 Å². The Kier molecular flexibility index (Phi) is 4.63. The molecular weight excluding hydrogens is 304 g/mol. The summed E-state index contributed by atoms with van der Waals surface area (Å²) in [6.07, 6.45) is 5.37. The van der Waals surface area contributed by atoms with Crippen LogP contribution in [0, 0.1) is 5.92 Å². The summed E-state index contributed by atoms with van der Waals surface area (Å²) in [5.74, 6) is 0.0313. The first-order chi connectivity index (χ1) is 11.4. The summed E-state index contributed by atoms with van der Waals surface area (Å²) >= 11 is 0. The highest BCUT2D eigenvalue weighted by atomic mass is 16.3. The van der Waals surface area contributed by atoms with Gasteiger partial charge in [-0.15, -0.1) is 0 Å². The Morgan fingerprint density at radius 2 is 1.79 bits per heavy atom. The Morgan fingerprint density at radius 3 is 2.42 bits per heavy atom. The van der Waals surface area contributed by atoms with Crippen LogP contribution < -0.4 is 4.90 Å². The third kappa shape index (κ3) is 3.46. The maximum atomic E-state index is 12.9. The standard InChI is InChI=1S/C19H26N2O3/c1-20(13-19(24)11-5-6-12-19)18(23)15-7-3-4-8-16(15)21(2)17(22)14-9-10-14/h3-4,7-8,14,24H,5-6,9-13H2,1-2H3. The number of aliphatic hydroxyl groups is 1. The van der Waals surface area contributed by atoms with Crippen molar-refractivity contribution >= 4 is 17.5 Å². The summed E-state index contributed by atoms with van der Waals surface area (Å²) in [6.45, 7) is 0.334. The number of carbonyl (C=O) groups excluding carboxylic acids is 2. The Hall–Kier alpha value is -1.88. The minimum Gasteiger partial charge on any atom is -0.388 e. The van der Waals surface area contributed by atoms with E-state index in [1.807, 2.05) is 18.2 Å². The molecule has 1 aromatic rings. The number of rotatable bonds is 5. The number of para-hydroxylation sites is 1. The predicted molar refractivity (Wildman–Crippen MR) is 93.0 cm³/mol. The third-order valence-electron chi connectivity index (χ3n) is 5.17. The van der Waals surface area contributed by atoms with Gasteiger partial charge < -0.3 is 14.9 Å². The van der Waals surface area contributed by atoms with Gasteiger partial charge in [0.05, 0.1) is 16.9 Å². The second kappa shape index (κ2) is 6.55. The van der Waals surface area contributed by atoms with Crippen LogP contribution >= 0.6 is 0 Å². The minimum atomic E-state index is -0.769. The monoisotopic (exact) mass is 330 g/mol. The molecule has 0 bridgehead atoms. The average molecular weight is 330 g/mol. The van der Waals surface area contributed by atoms with Gasteiger partial charge >= 0.3 is 0 Å². The summed E-state index contributed by atoms with van der Waals surface area (Å²) in [7, 11) is 3.45. The second-order valence-corrected chi connectivity index (χ2v) is 7.28. The fourth-order valence-electron chi connectivity index (χ4n) is 3.58. The van der Waals surface area contributed by atoms with Crippen LogP contribution in [0.5, 0.6) is 0 Å². The molecule has 1 N–H and O–H groups in total. The van der Waals surface area contributed by atoms with Crippen molar-refractivity contribution in [2.24, 2.45) is 5.92 Å². The maximum absolute atomic E-state index is 12.9. The molecular formula is C19H26N2O3. The summed E-state index contributed by atoms with van der Waals surface area (Å²) in [4.78, 5) is 28.4. The lowest BCUT2D eigenvalue weighted by atomic mass is 10.0. The summed E-state index contributed by atoms with van der Waals surface area (Å²) in [6, 6.07) is 7.22. The zero-order chi connectivity index (χ0) is 17.3. The van der Waals surface area contributed by atoms with Crippen LogP contribution in [0.1, 0.15) is 48.9 Å². The molecule has 24 heavy (non-hydrogen) atoms. The number of carbonyl (C=O) groups is 2. The lowest BCUT2D eigenvalue weighted by molar-refractivity contribution is -0.119. The van der Waals surface area contributed by atoms with Gasteiger partial charge in [0.1, 0.15) is 0 Å². The normalized spacial score (nSPS) is 19.1. The average Bonchev–Trinajstić information content (AvgIpc) is 3.35. The van der Waals surface area contributed by atoms with E-state index < -0.39 is 5.60 Å². The second-order valence-electron chi connectivity index (χ2n) is 7.28. The maximum Gasteiger partial charge on any atom is 0.255 e. The van der Waals surface area contributed by atoms with E-state index in [4.69, 9.17) is 0 Å². The Morgan fingerprint density at radius 1 is 1.17 bits per heavy atom. The van der Waals surface area contributed by atoms with Gasteiger partial charge in [0.15, 0.2) is 0 Å². The molecule has 0 aromatic heterocycles. The predicted octanol–water partition coefficient (Wildman–Crippen LogP) is 2.44. The highest BCUT2D eigenvalue weighted by Gasteiger charge is 2.36. The van der Waals surface area contributed by atoms with Crippen molar-refractivity contribution < 1.29 is 14.7 Å². The quantitative estimate of drug-likeness (QED) is 0.902. The topological polar surface area (TPSA) is 60.9 Å². The molecule has 2 fully saturated rings. The summed E-state index contributed by atoms with van der Waals surface area (Å²) < 4.78 is 0. The number of likely N-dealkylation sites (N-methyl/N-ethyl adjacent to an activating group) is 1. The molecule has 0 radical (unpaired) electrons. The lowest BCUT2D eigenvalue weighted by Crippen LogP contribution is -2.42. The zero-order valence-corrected chi connectivity index (χ0v) is 14.5. The molecule has 0 atom stereocenters. The fourth-order valence-corrected chi connectivity index (χ4v) is 3.58. The van der Waals surface area contributed by atoms with E-state index in [1.165, 1.54) is 0 Å². The van der Waals surface area contributed by atoms with E-state index in [-0.39, 0.29) is 17.7 Å². The first-order valence-corrected chi connectivity index (χ1v) is 8.76. The van der Waals surface area contributed by atoms with Gasteiger partial charge in [0.2, 0.25) is 5.91 Å². The molecule has 2 aliphatic rings. The van der Waals surface area contributed by atoms with E-state index >= 15 is 0 Å². The lowest BCUT2D eigenvalue weighted by Gasteiger charge is -2.30. The van der Waals surface area contributed by atoms with Crippen molar-refractivity contribution in [1.29, 1.82) is 0 Å². The Balaban J connectivity index is 1.78. The van der Waals surface area contributed by atoms with Gasteiger partial charge in [-0.2, -0.15) is 0 Å². The van der Waals surface area contributed by atoms with Crippen molar-refractivity contribution in [2.75, 3.05) is 25.5 Å². The van der Waals surface area contributed by atoms with E-state index in [9.17, 15) is 14.7 Å². The van der Waals surface area contributed by atoms with Crippen LogP contribution in [0.4, 0.5) is 5.69 Å². The van der Waals surface area contributed by atoms with Crippen molar-refractivity contribution in [3.8, 4) is 0 Å². The summed E-state index contributed by atoms with van der Waals surface area (Å²) in [5, 5.41) is 10.5. The van der Waals surface area contributed by atoms with Crippen LogP contribution in [0.2, 0.25) is 0 Å². The van der Waals surface area contributed by atoms with Crippen LogP contribution in [-0.2, 0) is 4.79 Å². The van der Waals surface area contributed by atoms with Crippen LogP contribution in [-0.4, -0.2) is 48.1 Å². The molecule has 0 unspecified atom stereocenters. The smallest absolute Gasteiger partial charge is 0.255 e. The van der Waals surface area contributed by atoms with Gasteiger partial charge in [-0.3, -0.25) is 9.59 Å². The van der Waals surface area contributed by atoms with Gasteiger partial charge in [-0.25, -0.2) is 0 Å². The van der Waals surface area contributed by atoms with Crippen molar-refractivity contribution in [3.63, 3.8) is 0 Å². The zero-order valence-electron chi connectivity index (χ0n) is 14.5. The van der Waals surface area contributed by atoms with Gasteiger partial charge in [-0.05, 0) is 37.8 Å². The van der Waals surface area contributed by atoms with Crippen molar-refractivity contribution in [1.82, 2.24) is 4.90 Å². The molecule has 5 nitrogen and oxygen atoms in total. The first-order valence-electron chi connectivity index (χ1n) is 8.76. The van der Waals surface area contributed by atoms with E-state index in [2.05, 4.69) is 0 Å². The fraction of sp³-hybridized carbons (Fsp3) is 0.579. The van der Waals surface area contributed by atoms with Gasteiger partial charge in [-0.1, -0.05) is 25.0 Å². The minimum absolute atomic E-state index is 0.0762. The number of hydrogen-bond acceptors (Lipinski definition) is 3. The molecule has 2 aliphatic carbocycles. The molecule has 0 saturated heterocycles. The van der Waals surface area contributed by atoms with E-state index in [1.54, 1.807) is 30.0 Å². The third-order valence-corrected chi connectivity index (χ3v) is 5.17.